The standard InChI is InChI=1S/C10H15ClN2O2/c1-13(10(14)15-8-11)7-5-9-4-2-3-6-12-9/h3,6H,2,4-5,7-8H2,1H3. The fourth-order valence-electron chi connectivity index (χ4n) is 1.28. The third-order valence-electron chi connectivity index (χ3n) is 2.19. The van der Waals surface area contributed by atoms with Crippen LogP contribution in [0, 0.1) is 0 Å². The van der Waals surface area contributed by atoms with E-state index in [0.717, 1.165) is 25.0 Å². The molecule has 4 nitrogen and oxygen atoms in total. The molecule has 84 valence electrons. The Morgan fingerprint density at radius 3 is 3.13 bits per heavy atom. The Labute approximate surface area is 94.6 Å². The van der Waals surface area contributed by atoms with Crippen LogP contribution in [0.4, 0.5) is 4.79 Å². The topological polar surface area (TPSA) is 41.9 Å². The number of nitrogens with zero attached hydrogens (tertiary/aromatic N) is 2. The third-order valence-corrected chi connectivity index (χ3v) is 2.30. The van der Waals surface area contributed by atoms with Crippen LogP contribution in [0.25, 0.3) is 0 Å². The van der Waals surface area contributed by atoms with Gasteiger partial charge in [-0.05, 0) is 12.8 Å². The van der Waals surface area contributed by atoms with Gasteiger partial charge in [-0.15, -0.1) is 0 Å². The number of ether oxygens (including phenoxy) is 1. The summed E-state index contributed by atoms with van der Waals surface area (Å²) in [6.07, 6.45) is 6.27. The molecule has 0 atom stereocenters. The van der Waals surface area contributed by atoms with E-state index in [4.69, 9.17) is 11.6 Å². The fourth-order valence-corrected chi connectivity index (χ4v) is 1.37. The molecule has 1 rings (SSSR count). The SMILES string of the molecule is CN(CCC1=NC=CCC1)C(=O)OCCl. The van der Waals surface area contributed by atoms with E-state index in [0.29, 0.717) is 6.54 Å². The van der Waals surface area contributed by atoms with Crippen LogP contribution in [0.2, 0.25) is 0 Å². The first-order chi connectivity index (χ1) is 7.24. The van der Waals surface area contributed by atoms with Crippen LogP contribution in [-0.4, -0.2) is 36.4 Å². The minimum atomic E-state index is -0.392. The summed E-state index contributed by atoms with van der Waals surface area (Å²) in [5.74, 6) is 0. The van der Waals surface area contributed by atoms with E-state index in [2.05, 4.69) is 9.73 Å². The normalized spacial score (nSPS) is 14.7. The molecule has 0 unspecified atom stereocenters. The van der Waals surface area contributed by atoms with Gasteiger partial charge in [0, 0.05) is 31.9 Å². The van der Waals surface area contributed by atoms with Gasteiger partial charge in [0.05, 0.1) is 0 Å². The van der Waals surface area contributed by atoms with Gasteiger partial charge < -0.3 is 9.64 Å². The quantitative estimate of drug-likeness (QED) is 0.696. The molecule has 1 aliphatic rings. The Hall–Kier alpha value is -1.03. The van der Waals surface area contributed by atoms with Gasteiger partial charge in [-0.25, -0.2) is 4.79 Å². The van der Waals surface area contributed by atoms with Crippen molar-refractivity contribution in [2.75, 3.05) is 19.7 Å². The van der Waals surface area contributed by atoms with E-state index in [1.54, 1.807) is 7.05 Å². The molecule has 15 heavy (non-hydrogen) atoms. The zero-order chi connectivity index (χ0) is 11.1. The monoisotopic (exact) mass is 230 g/mol. The van der Waals surface area contributed by atoms with E-state index in [1.165, 1.54) is 4.90 Å². The summed E-state index contributed by atoms with van der Waals surface area (Å²) in [7, 11) is 1.69. The summed E-state index contributed by atoms with van der Waals surface area (Å²) in [5, 5.41) is 0. The second kappa shape index (κ2) is 6.45. The highest BCUT2D eigenvalue weighted by molar-refractivity contribution is 6.17. The second-order valence-corrected chi connectivity index (χ2v) is 3.53. The molecule has 0 aromatic heterocycles. The van der Waals surface area contributed by atoms with Gasteiger partial charge in [0.25, 0.3) is 0 Å². The maximum atomic E-state index is 11.2. The minimum absolute atomic E-state index is 0.104. The van der Waals surface area contributed by atoms with E-state index >= 15 is 0 Å². The molecule has 0 aromatic rings. The van der Waals surface area contributed by atoms with Crippen molar-refractivity contribution >= 4 is 23.4 Å². The lowest BCUT2D eigenvalue weighted by Crippen LogP contribution is -2.29. The van der Waals surface area contributed by atoms with E-state index < -0.39 is 6.09 Å². The average Bonchev–Trinajstić information content (AvgIpc) is 2.27. The molecular formula is C10H15ClN2O2. The number of amides is 1. The molecule has 0 spiro atoms. The molecule has 0 N–H and O–H groups in total. The molecule has 1 aliphatic heterocycles. The highest BCUT2D eigenvalue weighted by atomic mass is 35.5. The zero-order valence-corrected chi connectivity index (χ0v) is 9.54. The van der Waals surface area contributed by atoms with Gasteiger partial charge in [-0.3, -0.25) is 4.99 Å². The first-order valence-electron chi connectivity index (χ1n) is 4.88. The minimum Gasteiger partial charge on any atom is -0.433 e. The summed E-state index contributed by atoms with van der Waals surface area (Å²) >= 11 is 5.29. The molecular weight excluding hydrogens is 216 g/mol. The number of rotatable bonds is 4. The largest absolute Gasteiger partial charge is 0.433 e. The Balaban J connectivity index is 2.26. The van der Waals surface area contributed by atoms with Gasteiger partial charge >= 0.3 is 6.09 Å². The van der Waals surface area contributed by atoms with Crippen LogP contribution in [0.3, 0.4) is 0 Å². The van der Waals surface area contributed by atoms with Crippen LogP contribution in [-0.2, 0) is 4.74 Å². The molecule has 0 saturated heterocycles. The highest BCUT2D eigenvalue weighted by Gasteiger charge is 2.10. The Bertz CT molecular complexity index is 277. The van der Waals surface area contributed by atoms with Crippen molar-refractivity contribution in [2.24, 2.45) is 4.99 Å². The van der Waals surface area contributed by atoms with Crippen molar-refractivity contribution in [3.8, 4) is 0 Å². The molecule has 0 bridgehead atoms. The Morgan fingerprint density at radius 1 is 1.73 bits per heavy atom. The summed E-state index contributed by atoms with van der Waals surface area (Å²) in [6, 6.07) is -0.104. The van der Waals surface area contributed by atoms with E-state index in [9.17, 15) is 4.79 Å². The lowest BCUT2D eigenvalue weighted by atomic mass is 10.1. The van der Waals surface area contributed by atoms with Crippen molar-refractivity contribution in [2.45, 2.75) is 19.3 Å². The average molecular weight is 231 g/mol. The number of carbonyl (C=O) groups is 1. The van der Waals surface area contributed by atoms with Crippen LogP contribution in [0.1, 0.15) is 19.3 Å². The molecule has 5 heteroatoms. The van der Waals surface area contributed by atoms with Gasteiger partial charge in [0.1, 0.15) is 0 Å². The third kappa shape index (κ3) is 4.34. The summed E-state index contributed by atoms with van der Waals surface area (Å²) in [6.45, 7) is 0.613. The van der Waals surface area contributed by atoms with Crippen LogP contribution in [0.5, 0.6) is 0 Å². The van der Waals surface area contributed by atoms with E-state index in [-0.39, 0.29) is 6.07 Å². The first-order valence-corrected chi connectivity index (χ1v) is 5.42. The van der Waals surface area contributed by atoms with Crippen molar-refractivity contribution in [3.05, 3.63) is 12.3 Å². The number of halogens is 1. The van der Waals surface area contributed by atoms with Crippen LogP contribution < -0.4 is 0 Å². The van der Waals surface area contributed by atoms with Gasteiger partial charge in [0.15, 0.2) is 6.07 Å². The lowest BCUT2D eigenvalue weighted by Gasteiger charge is -2.16. The number of carbonyl (C=O) groups excluding carboxylic acids is 1. The van der Waals surface area contributed by atoms with Crippen molar-refractivity contribution in [1.29, 1.82) is 0 Å². The summed E-state index contributed by atoms with van der Waals surface area (Å²) < 4.78 is 4.64. The van der Waals surface area contributed by atoms with Gasteiger partial charge in [-0.1, -0.05) is 17.7 Å². The molecule has 1 heterocycles. The number of hydrogen-bond acceptors (Lipinski definition) is 3. The second-order valence-electron chi connectivity index (χ2n) is 3.31. The fraction of sp³-hybridized carbons (Fsp3) is 0.600. The molecule has 0 fully saturated rings. The number of alkyl halides is 1. The Kier molecular flexibility index (Phi) is 5.18. The predicted molar refractivity (Wildman–Crippen MR) is 60.3 cm³/mol. The molecule has 0 saturated carbocycles. The number of hydrogen-bond donors (Lipinski definition) is 0. The summed E-state index contributed by atoms with van der Waals surface area (Å²) in [5.41, 5.74) is 1.13. The van der Waals surface area contributed by atoms with Crippen molar-refractivity contribution < 1.29 is 9.53 Å². The number of aliphatic imine (C=N–C) groups is 1. The molecule has 0 aliphatic carbocycles. The lowest BCUT2D eigenvalue weighted by molar-refractivity contribution is 0.128. The number of allylic oxidation sites excluding steroid dienone is 1. The van der Waals surface area contributed by atoms with Crippen molar-refractivity contribution in [3.63, 3.8) is 0 Å². The van der Waals surface area contributed by atoms with Gasteiger partial charge in [-0.2, -0.15) is 0 Å². The smallest absolute Gasteiger partial charge is 0.410 e. The maximum Gasteiger partial charge on any atom is 0.410 e. The maximum absolute atomic E-state index is 11.2. The van der Waals surface area contributed by atoms with Crippen molar-refractivity contribution in [1.82, 2.24) is 4.90 Å². The highest BCUT2D eigenvalue weighted by Crippen LogP contribution is 2.06. The Morgan fingerprint density at radius 2 is 2.53 bits per heavy atom. The molecule has 0 radical (unpaired) electrons. The molecule has 0 aromatic carbocycles. The van der Waals surface area contributed by atoms with Crippen LogP contribution >= 0.6 is 11.6 Å². The van der Waals surface area contributed by atoms with Gasteiger partial charge in [0.2, 0.25) is 0 Å². The van der Waals surface area contributed by atoms with Crippen LogP contribution in [0.15, 0.2) is 17.3 Å². The van der Waals surface area contributed by atoms with E-state index in [1.807, 2.05) is 12.3 Å². The zero-order valence-electron chi connectivity index (χ0n) is 8.78. The first kappa shape index (κ1) is 12.0. The summed E-state index contributed by atoms with van der Waals surface area (Å²) in [4.78, 5) is 16.9. The molecule has 1 amide bonds. The predicted octanol–water partition coefficient (Wildman–Crippen LogP) is 2.39.